The van der Waals surface area contributed by atoms with Gasteiger partial charge in [-0.05, 0) is 19.0 Å². The number of ether oxygens (including phenoxy) is 3. The average molecular weight is 322 g/mol. The zero-order valence-corrected chi connectivity index (χ0v) is 14.0. The van der Waals surface area contributed by atoms with Gasteiger partial charge in [0, 0.05) is 31.3 Å². The fraction of sp³-hybridized carbons (Fsp3) is 0.588. The molecule has 0 bridgehead atoms. The van der Waals surface area contributed by atoms with E-state index in [1.807, 2.05) is 12.1 Å². The highest BCUT2D eigenvalue weighted by molar-refractivity contribution is 5.79. The standard InChI is InChI=1S/C17H26N2O4/c1-21-15-5-4-14(16(13-15)22-2)12-17(20)18-6-3-7-19-8-10-23-11-9-19/h4-5,13H,3,6-12H2,1-2H3,(H,18,20). The van der Waals surface area contributed by atoms with E-state index in [0.29, 0.717) is 18.7 Å². The molecule has 0 aliphatic carbocycles. The van der Waals surface area contributed by atoms with Crippen molar-refractivity contribution >= 4 is 5.91 Å². The summed E-state index contributed by atoms with van der Waals surface area (Å²) in [4.78, 5) is 14.4. The number of nitrogens with one attached hydrogen (secondary N) is 1. The summed E-state index contributed by atoms with van der Waals surface area (Å²) in [5, 5.41) is 2.97. The lowest BCUT2D eigenvalue weighted by Gasteiger charge is -2.26. The van der Waals surface area contributed by atoms with E-state index in [0.717, 1.165) is 50.6 Å². The van der Waals surface area contributed by atoms with Crippen molar-refractivity contribution in [2.45, 2.75) is 12.8 Å². The lowest BCUT2D eigenvalue weighted by molar-refractivity contribution is -0.120. The average Bonchev–Trinajstić information content (AvgIpc) is 2.60. The second kappa shape index (κ2) is 9.37. The van der Waals surface area contributed by atoms with E-state index in [9.17, 15) is 4.79 Å². The monoisotopic (exact) mass is 322 g/mol. The third-order valence-electron chi connectivity index (χ3n) is 3.92. The number of rotatable bonds is 8. The van der Waals surface area contributed by atoms with Crippen LogP contribution in [0.3, 0.4) is 0 Å². The van der Waals surface area contributed by atoms with Gasteiger partial charge in [0.15, 0.2) is 0 Å². The third kappa shape index (κ3) is 5.73. The smallest absolute Gasteiger partial charge is 0.224 e. The van der Waals surface area contributed by atoms with Gasteiger partial charge in [0.25, 0.3) is 0 Å². The van der Waals surface area contributed by atoms with Crippen LogP contribution in [-0.4, -0.2) is 64.4 Å². The highest BCUT2D eigenvalue weighted by Gasteiger charge is 2.11. The van der Waals surface area contributed by atoms with Crippen LogP contribution in [0.15, 0.2) is 18.2 Å². The molecule has 1 heterocycles. The van der Waals surface area contributed by atoms with Crippen molar-refractivity contribution in [3.63, 3.8) is 0 Å². The van der Waals surface area contributed by atoms with Gasteiger partial charge in [0.1, 0.15) is 11.5 Å². The summed E-state index contributed by atoms with van der Waals surface area (Å²) >= 11 is 0. The number of methoxy groups -OCH3 is 2. The molecule has 1 aliphatic rings. The third-order valence-corrected chi connectivity index (χ3v) is 3.92. The van der Waals surface area contributed by atoms with Gasteiger partial charge in [-0.25, -0.2) is 0 Å². The molecule has 1 aromatic rings. The van der Waals surface area contributed by atoms with Crippen LogP contribution in [0.2, 0.25) is 0 Å². The van der Waals surface area contributed by atoms with Crippen LogP contribution in [0.5, 0.6) is 11.5 Å². The molecule has 0 radical (unpaired) electrons. The van der Waals surface area contributed by atoms with E-state index < -0.39 is 0 Å². The Morgan fingerprint density at radius 1 is 1.26 bits per heavy atom. The van der Waals surface area contributed by atoms with Gasteiger partial charge in [0.2, 0.25) is 5.91 Å². The molecule has 0 atom stereocenters. The Morgan fingerprint density at radius 3 is 2.74 bits per heavy atom. The summed E-state index contributed by atoms with van der Waals surface area (Å²) in [5.74, 6) is 1.40. The molecular formula is C17H26N2O4. The lowest BCUT2D eigenvalue weighted by atomic mass is 10.1. The van der Waals surface area contributed by atoms with Crippen molar-refractivity contribution in [2.24, 2.45) is 0 Å². The van der Waals surface area contributed by atoms with Crippen LogP contribution in [0.1, 0.15) is 12.0 Å². The normalized spacial score (nSPS) is 15.2. The van der Waals surface area contributed by atoms with Crippen LogP contribution in [-0.2, 0) is 16.0 Å². The molecule has 0 spiro atoms. The molecule has 6 heteroatoms. The molecule has 0 saturated carbocycles. The van der Waals surface area contributed by atoms with Crippen molar-refractivity contribution in [2.75, 3.05) is 53.6 Å². The molecule has 1 saturated heterocycles. The highest BCUT2D eigenvalue weighted by Crippen LogP contribution is 2.24. The van der Waals surface area contributed by atoms with Crippen LogP contribution < -0.4 is 14.8 Å². The number of carbonyl (C=O) groups is 1. The topological polar surface area (TPSA) is 60.0 Å². The number of hydrogen-bond acceptors (Lipinski definition) is 5. The molecule has 1 fully saturated rings. The van der Waals surface area contributed by atoms with Gasteiger partial charge >= 0.3 is 0 Å². The first-order valence-corrected chi connectivity index (χ1v) is 8.00. The Balaban J connectivity index is 1.71. The Morgan fingerprint density at radius 2 is 2.04 bits per heavy atom. The molecule has 1 aliphatic heterocycles. The predicted octanol–water partition coefficient (Wildman–Crippen LogP) is 1.08. The van der Waals surface area contributed by atoms with Crippen molar-refractivity contribution in [3.05, 3.63) is 23.8 Å². The minimum atomic E-state index is 0.00967. The Kier molecular flexibility index (Phi) is 7.16. The van der Waals surface area contributed by atoms with Crippen LogP contribution >= 0.6 is 0 Å². The second-order valence-electron chi connectivity index (χ2n) is 5.51. The fourth-order valence-electron chi connectivity index (χ4n) is 2.59. The van der Waals surface area contributed by atoms with Crippen LogP contribution in [0.4, 0.5) is 0 Å². The quantitative estimate of drug-likeness (QED) is 0.726. The number of carbonyl (C=O) groups excluding carboxylic acids is 1. The molecule has 23 heavy (non-hydrogen) atoms. The molecule has 1 N–H and O–H groups in total. The van der Waals surface area contributed by atoms with Crippen molar-refractivity contribution in [3.8, 4) is 11.5 Å². The maximum atomic E-state index is 12.1. The first-order chi connectivity index (χ1) is 11.2. The SMILES string of the molecule is COc1ccc(CC(=O)NCCCN2CCOCC2)c(OC)c1. The Hall–Kier alpha value is -1.79. The fourth-order valence-corrected chi connectivity index (χ4v) is 2.59. The van der Waals surface area contributed by atoms with Crippen LogP contribution in [0, 0.1) is 0 Å². The van der Waals surface area contributed by atoms with Gasteiger partial charge in [0.05, 0.1) is 33.9 Å². The molecule has 2 rings (SSSR count). The number of amides is 1. The first kappa shape index (κ1) is 17.6. The minimum Gasteiger partial charge on any atom is -0.497 e. The molecule has 1 aromatic carbocycles. The number of morpholine rings is 1. The summed E-state index contributed by atoms with van der Waals surface area (Å²) in [7, 11) is 3.20. The van der Waals surface area contributed by atoms with E-state index in [4.69, 9.17) is 14.2 Å². The van der Waals surface area contributed by atoms with E-state index in [1.165, 1.54) is 0 Å². The van der Waals surface area contributed by atoms with E-state index in [-0.39, 0.29) is 5.91 Å². The summed E-state index contributed by atoms with van der Waals surface area (Å²) < 4.78 is 15.8. The number of hydrogen-bond donors (Lipinski definition) is 1. The predicted molar refractivity (Wildman–Crippen MR) is 88.1 cm³/mol. The lowest BCUT2D eigenvalue weighted by Crippen LogP contribution is -2.38. The maximum Gasteiger partial charge on any atom is 0.224 e. The number of nitrogens with zero attached hydrogens (tertiary/aromatic N) is 1. The number of benzene rings is 1. The van der Waals surface area contributed by atoms with E-state index in [2.05, 4.69) is 10.2 Å². The molecule has 1 amide bonds. The van der Waals surface area contributed by atoms with Gasteiger partial charge in [-0.2, -0.15) is 0 Å². The highest BCUT2D eigenvalue weighted by atomic mass is 16.5. The zero-order valence-electron chi connectivity index (χ0n) is 14.0. The summed E-state index contributed by atoms with van der Waals surface area (Å²) in [5.41, 5.74) is 0.860. The van der Waals surface area contributed by atoms with Crippen molar-refractivity contribution in [1.29, 1.82) is 0 Å². The Labute approximate surface area is 137 Å². The van der Waals surface area contributed by atoms with Gasteiger partial charge in [-0.3, -0.25) is 9.69 Å². The molecule has 128 valence electrons. The van der Waals surface area contributed by atoms with Crippen LogP contribution in [0.25, 0.3) is 0 Å². The van der Waals surface area contributed by atoms with Crippen molar-refractivity contribution in [1.82, 2.24) is 10.2 Å². The van der Waals surface area contributed by atoms with E-state index >= 15 is 0 Å². The largest absolute Gasteiger partial charge is 0.497 e. The molecule has 0 aromatic heterocycles. The first-order valence-electron chi connectivity index (χ1n) is 8.00. The Bertz CT molecular complexity index is 501. The van der Waals surface area contributed by atoms with E-state index in [1.54, 1.807) is 20.3 Å². The summed E-state index contributed by atoms with van der Waals surface area (Å²) in [6.45, 7) is 5.27. The molecule has 6 nitrogen and oxygen atoms in total. The van der Waals surface area contributed by atoms with Gasteiger partial charge < -0.3 is 19.5 Å². The second-order valence-corrected chi connectivity index (χ2v) is 5.51. The maximum absolute atomic E-state index is 12.1. The molecular weight excluding hydrogens is 296 g/mol. The molecule has 0 unspecified atom stereocenters. The minimum absolute atomic E-state index is 0.00967. The van der Waals surface area contributed by atoms with Gasteiger partial charge in [-0.1, -0.05) is 6.07 Å². The summed E-state index contributed by atoms with van der Waals surface area (Å²) in [6, 6.07) is 5.50. The van der Waals surface area contributed by atoms with Crippen molar-refractivity contribution < 1.29 is 19.0 Å². The van der Waals surface area contributed by atoms with Gasteiger partial charge in [-0.15, -0.1) is 0 Å². The summed E-state index contributed by atoms with van der Waals surface area (Å²) in [6.07, 6.45) is 1.26. The zero-order chi connectivity index (χ0) is 16.5.